The molecule has 0 saturated carbocycles. The van der Waals surface area contributed by atoms with E-state index in [1.807, 2.05) is 52.0 Å². The number of amides is 1. The van der Waals surface area contributed by atoms with Gasteiger partial charge in [0.05, 0.1) is 12.1 Å². The van der Waals surface area contributed by atoms with Crippen LogP contribution in [0.2, 0.25) is 0 Å². The third kappa shape index (κ3) is 5.12. The van der Waals surface area contributed by atoms with E-state index in [1.54, 1.807) is 7.11 Å². The Bertz CT molecular complexity index is 444. The quantitative estimate of drug-likeness (QED) is 0.898. The highest BCUT2D eigenvalue weighted by atomic mass is 35.5. The Kier molecular flexibility index (Phi) is 7.20. The molecular formula is C15H25ClN2O2. The topological polar surface area (TPSA) is 64.3 Å². The van der Waals surface area contributed by atoms with Crippen LogP contribution in [0, 0.1) is 5.41 Å². The first-order valence-corrected chi connectivity index (χ1v) is 6.45. The number of benzene rings is 1. The Morgan fingerprint density at radius 1 is 1.35 bits per heavy atom. The normalized spacial score (nSPS) is 14.1. The fourth-order valence-corrected chi connectivity index (χ4v) is 1.62. The van der Waals surface area contributed by atoms with E-state index in [4.69, 9.17) is 10.5 Å². The molecule has 0 fully saturated rings. The molecule has 4 nitrogen and oxygen atoms in total. The van der Waals surface area contributed by atoms with Gasteiger partial charge in [-0.1, -0.05) is 32.9 Å². The van der Waals surface area contributed by atoms with E-state index >= 15 is 0 Å². The molecule has 114 valence electrons. The van der Waals surface area contributed by atoms with Crippen molar-refractivity contribution < 1.29 is 9.53 Å². The SMILES string of the molecule is COC(C)c1cccc(NC(=O)[C@@H](N)C(C)(C)C)c1.Cl. The van der Waals surface area contributed by atoms with Crippen LogP contribution >= 0.6 is 12.4 Å². The van der Waals surface area contributed by atoms with Gasteiger partial charge in [0.1, 0.15) is 0 Å². The summed E-state index contributed by atoms with van der Waals surface area (Å²) in [7, 11) is 1.66. The summed E-state index contributed by atoms with van der Waals surface area (Å²) in [6.07, 6.45) is -0.00635. The largest absolute Gasteiger partial charge is 0.377 e. The van der Waals surface area contributed by atoms with Crippen molar-refractivity contribution in [2.45, 2.75) is 39.8 Å². The van der Waals surface area contributed by atoms with E-state index in [0.29, 0.717) is 0 Å². The van der Waals surface area contributed by atoms with Crippen LogP contribution in [-0.4, -0.2) is 19.1 Å². The van der Waals surface area contributed by atoms with Crippen molar-refractivity contribution in [1.82, 2.24) is 0 Å². The maximum absolute atomic E-state index is 12.0. The van der Waals surface area contributed by atoms with Crippen molar-refractivity contribution in [3.63, 3.8) is 0 Å². The highest BCUT2D eigenvalue weighted by molar-refractivity contribution is 5.95. The minimum atomic E-state index is -0.545. The summed E-state index contributed by atoms with van der Waals surface area (Å²) >= 11 is 0. The summed E-state index contributed by atoms with van der Waals surface area (Å²) in [5, 5.41) is 2.85. The van der Waals surface area contributed by atoms with Crippen molar-refractivity contribution in [2.24, 2.45) is 11.1 Å². The van der Waals surface area contributed by atoms with Crippen LogP contribution in [0.3, 0.4) is 0 Å². The van der Waals surface area contributed by atoms with Crippen molar-refractivity contribution in [2.75, 3.05) is 12.4 Å². The van der Waals surface area contributed by atoms with Gasteiger partial charge in [-0.05, 0) is 30.0 Å². The van der Waals surface area contributed by atoms with Crippen LogP contribution in [0.4, 0.5) is 5.69 Å². The fourth-order valence-electron chi connectivity index (χ4n) is 1.62. The fraction of sp³-hybridized carbons (Fsp3) is 0.533. The van der Waals surface area contributed by atoms with Gasteiger partial charge in [0, 0.05) is 12.8 Å². The summed E-state index contributed by atoms with van der Waals surface area (Å²) < 4.78 is 5.26. The Morgan fingerprint density at radius 3 is 2.45 bits per heavy atom. The monoisotopic (exact) mass is 300 g/mol. The first-order chi connectivity index (χ1) is 8.75. The first-order valence-electron chi connectivity index (χ1n) is 6.45. The molecule has 2 atom stereocenters. The van der Waals surface area contributed by atoms with E-state index < -0.39 is 6.04 Å². The number of rotatable bonds is 4. The maximum Gasteiger partial charge on any atom is 0.241 e. The predicted molar refractivity (Wildman–Crippen MR) is 85.2 cm³/mol. The zero-order valence-corrected chi connectivity index (χ0v) is 13.6. The Labute approximate surface area is 127 Å². The van der Waals surface area contributed by atoms with Crippen LogP contribution in [0.15, 0.2) is 24.3 Å². The van der Waals surface area contributed by atoms with Crippen LogP contribution < -0.4 is 11.1 Å². The van der Waals surface area contributed by atoms with Gasteiger partial charge in [0.2, 0.25) is 5.91 Å². The van der Waals surface area contributed by atoms with Gasteiger partial charge >= 0.3 is 0 Å². The van der Waals surface area contributed by atoms with E-state index in [1.165, 1.54) is 0 Å². The molecule has 20 heavy (non-hydrogen) atoms. The number of halogens is 1. The Morgan fingerprint density at radius 2 is 1.95 bits per heavy atom. The van der Waals surface area contributed by atoms with Gasteiger partial charge in [0.15, 0.2) is 0 Å². The number of hydrogen-bond donors (Lipinski definition) is 2. The molecule has 5 heteroatoms. The Hall–Kier alpha value is -1.10. The van der Waals surface area contributed by atoms with Crippen molar-refractivity contribution in [1.29, 1.82) is 0 Å². The molecule has 0 radical (unpaired) electrons. The molecule has 3 N–H and O–H groups in total. The summed E-state index contributed by atoms with van der Waals surface area (Å²) in [4.78, 5) is 12.0. The average molecular weight is 301 g/mol. The molecule has 0 aliphatic heterocycles. The zero-order valence-electron chi connectivity index (χ0n) is 12.8. The minimum absolute atomic E-state index is 0. The lowest BCUT2D eigenvalue weighted by atomic mass is 9.87. The minimum Gasteiger partial charge on any atom is -0.377 e. The first kappa shape index (κ1) is 18.9. The van der Waals surface area contributed by atoms with E-state index in [2.05, 4.69) is 5.32 Å². The summed E-state index contributed by atoms with van der Waals surface area (Å²) in [6, 6.07) is 7.06. The number of ether oxygens (including phenoxy) is 1. The molecule has 0 aliphatic rings. The van der Waals surface area contributed by atoms with Gasteiger partial charge in [-0.3, -0.25) is 4.79 Å². The van der Waals surface area contributed by atoms with E-state index in [-0.39, 0.29) is 29.8 Å². The number of carbonyl (C=O) groups excluding carboxylic acids is 1. The van der Waals surface area contributed by atoms with Crippen LogP contribution in [0.1, 0.15) is 39.4 Å². The Balaban J connectivity index is 0.00000361. The van der Waals surface area contributed by atoms with Crippen molar-refractivity contribution >= 4 is 24.0 Å². The lowest BCUT2D eigenvalue weighted by Crippen LogP contribution is -2.45. The average Bonchev–Trinajstić information content (AvgIpc) is 2.36. The van der Waals surface area contributed by atoms with Gasteiger partial charge < -0.3 is 15.8 Å². The number of anilines is 1. The second-order valence-electron chi connectivity index (χ2n) is 5.84. The molecule has 0 saturated heterocycles. The summed E-state index contributed by atoms with van der Waals surface area (Å²) in [5.74, 6) is -0.172. The van der Waals surface area contributed by atoms with Crippen LogP contribution in [0.25, 0.3) is 0 Å². The molecule has 0 heterocycles. The lowest BCUT2D eigenvalue weighted by Gasteiger charge is -2.26. The summed E-state index contributed by atoms with van der Waals surface area (Å²) in [5.41, 5.74) is 7.43. The second-order valence-corrected chi connectivity index (χ2v) is 5.84. The zero-order chi connectivity index (χ0) is 14.6. The standard InChI is InChI=1S/C15H24N2O2.ClH/c1-10(19-5)11-7-6-8-12(9-11)17-14(18)13(16)15(2,3)4;/h6-10,13H,16H2,1-5H3,(H,17,18);1H/t10?,13-;/m1./s1. The third-order valence-electron chi connectivity index (χ3n) is 3.19. The molecule has 1 unspecified atom stereocenters. The second kappa shape index (κ2) is 7.62. The molecule has 1 rings (SSSR count). The van der Waals surface area contributed by atoms with E-state index in [0.717, 1.165) is 11.3 Å². The van der Waals surface area contributed by atoms with Gasteiger partial charge in [0.25, 0.3) is 0 Å². The molecule has 0 bridgehead atoms. The number of nitrogens with one attached hydrogen (secondary N) is 1. The predicted octanol–water partition coefficient (Wildman–Crippen LogP) is 3.13. The molecular weight excluding hydrogens is 276 g/mol. The van der Waals surface area contributed by atoms with Crippen LogP contribution in [0.5, 0.6) is 0 Å². The highest BCUT2D eigenvalue weighted by Crippen LogP contribution is 2.22. The highest BCUT2D eigenvalue weighted by Gasteiger charge is 2.27. The van der Waals surface area contributed by atoms with Crippen LogP contribution in [-0.2, 0) is 9.53 Å². The summed E-state index contributed by atoms with van der Waals surface area (Å²) in [6.45, 7) is 7.80. The molecule has 1 aromatic rings. The lowest BCUT2D eigenvalue weighted by molar-refractivity contribution is -0.119. The molecule has 1 aromatic carbocycles. The number of nitrogens with two attached hydrogens (primary N) is 1. The van der Waals surface area contributed by atoms with Crippen molar-refractivity contribution in [3.8, 4) is 0 Å². The van der Waals surface area contributed by atoms with Gasteiger partial charge in [-0.15, -0.1) is 12.4 Å². The van der Waals surface area contributed by atoms with E-state index in [9.17, 15) is 4.79 Å². The number of carbonyl (C=O) groups is 1. The number of methoxy groups -OCH3 is 1. The molecule has 0 aliphatic carbocycles. The molecule has 0 spiro atoms. The van der Waals surface area contributed by atoms with Gasteiger partial charge in [-0.25, -0.2) is 0 Å². The van der Waals surface area contributed by atoms with Gasteiger partial charge in [-0.2, -0.15) is 0 Å². The third-order valence-corrected chi connectivity index (χ3v) is 3.19. The molecule has 0 aromatic heterocycles. The van der Waals surface area contributed by atoms with Crippen molar-refractivity contribution in [3.05, 3.63) is 29.8 Å². The molecule has 1 amide bonds. The maximum atomic E-state index is 12.0. The number of hydrogen-bond acceptors (Lipinski definition) is 3. The smallest absolute Gasteiger partial charge is 0.241 e.